The maximum Gasteiger partial charge on any atom is 0.294 e. The Balaban J connectivity index is 1.71. The molecule has 31 heavy (non-hydrogen) atoms. The van der Waals surface area contributed by atoms with Crippen LogP contribution in [0, 0.1) is 0 Å². The molecule has 1 atom stereocenters. The average Bonchev–Trinajstić information content (AvgIpc) is 2.97. The molecule has 0 aliphatic carbocycles. The number of hydrogen-bond donors (Lipinski definition) is 1. The van der Waals surface area contributed by atoms with E-state index in [0.29, 0.717) is 36.0 Å². The van der Waals surface area contributed by atoms with E-state index in [9.17, 15) is 13.0 Å². The van der Waals surface area contributed by atoms with Crippen molar-refractivity contribution in [1.82, 2.24) is 0 Å². The lowest BCUT2D eigenvalue weighted by atomic mass is 9.98. The molecule has 1 N–H and O–H groups in total. The summed E-state index contributed by atoms with van der Waals surface area (Å²) in [4.78, 5) is -0.148. The van der Waals surface area contributed by atoms with Gasteiger partial charge < -0.3 is 23.7 Å². The minimum Gasteiger partial charge on any atom is -0.497 e. The van der Waals surface area contributed by atoms with Crippen molar-refractivity contribution in [3.63, 3.8) is 0 Å². The molecule has 3 rings (SSSR count). The van der Waals surface area contributed by atoms with E-state index in [-0.39, 0.29) is 24.0 Å². The Morgan fingerprint density at radius 3 is 2.58 bits per heavy atom. The second-order valence-corrected chi connectivity index (χ2v) is 8.50. The van der Waals surface area contributed by atoms with Gasteiger partial charge in [0.15, 0.2) is 11.5 Å². The van der Waals surface area contributed by atoms with Crippen molar-refractivity contribution in [3.05, 3.63) is 47.0 Å². The number of rotatable bonds is 9. The molecular weight excluding hydrogens is 424 g/mol. The van der Waals surface area contributed by atoms with Crippen LogP contribution in [0.4, 0.5) is 0 Å². The summed E-state index contributed by atoms with van der Waals surface area (Å²) < 4.78 is 60.8. The fourth-order valence-corrected chi connectivity index (χ4v) is 4.50. The van der Waals surface area contributed by atoms with E-state index >= 15 is 0 Å². The normalized spacial score (nSPS) is 16.3. The smallest absolute Gasteiger partial charge is 0.294 e. The summed E-state index contributed by atoms with van der Waals surface area (Å²) in [7, 11) is 0.386. The molecule has 2 aromatic rings. The Bertz CT molecular complexity index is 1000. The van der Waals surface area contributed by atoms with E-state index in [4.69, 9.17) is 23.7 Å². The number of ether oxygens (including phenoxy) is 5. The summed E-state index contributed by atoms with van der Waals surface area (Å²) in [5.74, 6) is 1.90. The summed E-state index contributed by atoms with van der Waals surface area (Å²) in [6.07, 6.45) is 1.68. The molecule has 170 valence electrons. The third-order valence-corrected chi connectivity index (χ3v) is 6.21. The zero-order chi connectivity index (χ0) is 22.4. The van der Waals surface area contributed by atoms with Crippen molar-refractivity contribution in [2.24, 2.45) is 0 Å². The molecule has 1 aliphatic heterocycles. The van der Waals surface area contributed by atoms with Crippen molar-refractivity contribution in [2.45, 2.75) is 30.3 Å². The standard InChI is InChI=1S/C22H28O8S/c1-26-16-6-9-21(31(23,24)25)15(13-16)10-12-29-14-20-17-7-8-19(27-2)22(28-3)18(17)5-4-11-30-20/h6-9,13,20H,4-5,10-12,14H2,1-3H3,(H,23,24,25). The van der Waals surface area contributed by atoms with Gasteiger partial charge in [-0.05, 0) is 54.7 Å². The molecule has 0 saturated heterocycles. The lowest BCUT2D eigenvalue weighted by Crippen LogP contribution is -2.14. The van der Waals surface area contributed by atoms with Gasteiger partial charge in [-0.25, -0.2) is 0 Å². The topological polar surface area (TPSA) is 101 Å². The summed E-state index contributed by atoms with van der Waals surface area (Å²) in [5.41, 5.74) is 2.47. The monoisotopic (exact) mass is 452 g/mol. The van der Waals surface area contributed by atoms with Gasteiger partial charge in [-0.2, -0.15) is 8.42 Å². The van der Waals surface area contributed by atoms with Crippen LogP contribution in [0.5, 0.6) is 17.2 Å². The second-order valence-electron chi connectivity index (χ2n) is 7.11. The third kappa shape index (κ3) is 5.48. The van der Waals surface area contributed by atoms with Crippen LogP contribution in [-0.4, -0.2) is 54.1 Å². The lowest BCUT2D eigenvalue weighted by Gasteiger charge is -2.21. The molecule has 1 aliphatic rings. The van der Waals surface area contributed by atoms with Gasteiger partial charge in [0.2, 0.25) is 0 Å². The minimum atomic E-state index is -4.34. The van der Waals surface area contributed by atoms with Crippen LogP contribution in [-0.2, 0) is 32.4 Å². The van der Waals surface area contributed by atoms with Crippen LogP contribution in [0.2, 0.25) is 0 Å². The van der Waals surface area contributed by atoms with Crippen molar-refractivity contribution >= 4 is 10.1 Å². The Hall–Kier alpha value is -2.33. The first-order valence-electron chi connectivity index (χ1n) is 9.96. The molecule has 9 heteroatoms. The van der Waals surface area contributed by atoms with Crippen LogP contribution in [0.3, 0.4) is 0 Å². The maximum atomic E-state index is 11.7. The predicted molar refractivity (Wildman–Crippen MR) is 114 cm³/mol. The average molecular weight is 453 g/mol. The van der Waals surface area contributed by atoms with E-state index in [2.05, 4.69) is 0 Å². The highest BCUT2D eigenvalue weighted by Crippen LogP contribution is 2.39. The first-order valence-corrected chi connectivity index (χ1v) is 11.4. The van der Waals surface area contributed by atoms with Crippen LogP contribution < -0.4 is 14.2 Å². The van der Waals surface area contributed by atoms with Crippen LogP contribution in [0.1, 0.15) is 29.2 Å². The molecule has 0 saturated carbocycles. The van der Waals surface area contributed by atoms with E-state index in [1.165, 1.54) is 19.2 Å². The zero-order valence-corrected chi connectivity index (χ0v) is 18.7. The molecule has 0 radical (unpaired) electrons. The molecule has 0 fully saturated rings. The van der Waals surface area contributed by atoms with Gasteiger partial charge in [-0.15, -0.1) is 0 Å². The van der Waals surface area contributed by atoms with E-state index in [1.54, 1.807) is 20.3 Å². The number of benzene rings is 2. The van der Waals surface area contributed by atoms with Gasteiger partial charge in [-0.3, -0.25) is 4.55 Å². The van der Waals surface area contributed by atoms with Gasteiger partial charge in [-0.1, -0.05) is 6.07 Å². The zero-order valence-electron chi connectivity index (χ0n) is 17.9. The molecular formula is C22H28O8S. The molecule has 0 amide bonds. The third-order valence-electron chi connectivity index (χ3n) is 5.25. The van der Waals surface area contributed by atoms with E-state index < -0.39 is 10.1 Å². The fourth-order valence-electron chi connectivity index (χ4n) is 3.77. The van der Waals surface area contributed by atoms with Gasteiger partial charge in [0.05, 0.1) is 39.4 Å². The SMILES string of the molecule is COc1ccc(S(=O)(=O)O)c(CCOCC2OCCCc3c2ccc(OC)c3OC)c1. The largest absolute Gasteiger partial charge is 0.497 e. The number of methoxy groups -OCH3 is 3. The predicted octanol–water partition coefficient (Wildman–Crippen LogP) is 3.22. The minimum absolute atomic E-state index is 0.148. The van der Waals surface area contributed by atoms with Crippen molar-refractivity contribution in [1.29, 1.82) is 0 Å². The summed E-state index contributed by atoms with van der Waals surface area (Å²) in [5, 5.41) is 0. The highest BCUT2D eigenvalue weighted by molar-refractivity contribution is 7.85. The number of hydrogen-bond acceptors (Lipinski definition) is 7. The Labute approximate surface area is 182 Å². The summed E-state index contributed by atoms with van der Waals surface area (Å²) in [6, 6.07) is 8.23. The van der Waals surface area contributed by atoms with E-state index in [0.717, 1.165) is 24.0 Å². The Morgan fingerprint density at radius 1 is 1.10 bits per heavy atom. The molecule has 8 nitrogen and oxygen atoms in total. The molecule has 0 bridgehead atoms. The fraction of sp³-hybridized carbons (Fsp3) is 0.455. The lowest BCUT2D eigenvalue weighted by molar-refractivity contribution is -0.0150. The van der Waals surface area contributed by atoms with Crippen LogP contribution in [0.15, 0.2) is 35.2 Å². The Morgan fingerprint density at radius 2 is 1.90 bits per heavy atom. The highest BCUT2D eigenvalue weighted by Gasteiger charge is 2.24. The Kier molecular flexibility index (Phi) is 7.77. The summed E-state index contributed by atoms with van der Waals surface area (Å²) >= 11 is 0. The quantitative estimate of drug-likeness (QED) is 0.457. The van der Waals surface area contributed by atoms with Gasteiger partial charge in [0.25, 0.3) is 10.1 Å². The summed E-state index contributed by atoms with van der Waals surface area (Å²) in [6.45, 7) is 1.14. The molecule has 1 unspecified atom stereocenters. The van der Waals surface area contributed by atoms with Crippen molar-refractivity contribution in [3.8, 4) is 17.2 Å². The first kappa shape index (κ1) is 23.3. The van der Waals surface area contributed by atoms with Gasteiger partial charge in [0.1, 0.15) is 11.9 Å². The first-order chi connectivity index (χ1) is 14.9. The van der Waals surface area contributed by atoms with E-state index in [1.807, 2.05) is 12.1 Å². The maximum absolute atomic E-state index is 11.7. The molecule has 2 aromatic carbocycles. The molecule has 0 aromatic heterocycles. The molecule has 0 spiro atoms. The molecule has 1 heterocycles. The van der Waals surface area contributed by atoms with Gasteiger partial charge in [0, 0.05) is 12.2 Å². The van der Waals surface area contributed by atoms with Crippen LogP contribution >= 0.6 is 0 Å². The van der Waals surface area contributed by atoms with Gasteiger partial charge >= 0.3 is 0 Å². The van der Waals surface area contributed by atoms with Crippen molar-refractivity contribution in [2.75, 3.05) is 41.2 Å². The number of fused-ring (bicyclic) bond motifs is 1. The van der Waals surface area contributed by atoms with Crippen molar-refractivity contribution < 1.29 is 36.7 Å². The van der Waals surface area contributed by atoms with Crippen LogP contribution in [0.25, 0.3) is 0 Å². The highest BCUT2D eigenvalue weighted by atomic mass is 32.2. The second kappa shape index (κ2) is 10.3.